The minimum Gasteiger partial charge on any atom is -0.452 e. The minimum absolute atomic E-state index is 0.225. The Hall–Kier alpha value is -1.89. The molecule has 0 fully saturated rings. The van der Waals surface area contributed by atoms with E-state index in [9.17, 15) is 14.4 Å². The van der Waals surface area contributed by atoms with Gasteiger partial charge in [0.05, 0.1) is 5.56 Å². The van der Waals surface area contributed by atoms with Crippen LogP contribution in [0.25, 0.3) is 0 Å². The van der Waals surface area contributed by atoms with E-state index in [-0.39, 0.29) is 18.4 Å². The maximum absolute atomic E-state index is 12.4. The molecule has 0 saturated carbocycles. The van der Waals surface area contributed by atoms with E-state index >= 15 is 0 Å². The molecule has 6 nitrogen and oxygen atoms in total. The number of esters is 1. The quantitative estimate of drug-likeness (QED) is 0.857. The van der Waals surface area contributed by atoms with Crippen molar-refractivity contribution < 1.29 is 19.1 Å². The number of nitrogens with zero attached hydrogens (tertiary/aromatic N) is 1. The highest BCUT2D eigenvalue weighted by atomic mass is 32.1. The topological polar surface area (TPSA) is 75.7 Å². The van der Waals surface area contributed by atoms with Crippen molar-refractivity contribution in [2.45, 2.75) is 32.6 Å². The fraction of sp³-hybridized carbons (Fsp3) is 0.533. The van der Waals surface area contributed by atoms with Crippen LogP contribution < -0.4 is 5.32 Å². The molecule has 22 heavy (non-hydrogen) atoms. The molecule has 0 aromatic carbocycles. The highest BCUT2D eigenvalue weighted by Crippen LogP contribution is 2.38. The third-order valence-electron chi connectivity index (χ3n) is 3.49. The van der Waals surface area contributed by atoms with Gasteiger partial charge < -0.3 is 15.0 Å². The molecule has 1 heterocycles. The van der Waals surface area contributed by atoms with Crippen LogP contribution in [0.2, 0.25) is 0 Å². The molecule has 0 saturated heterocycles. The lowest BCUT2D eigenvalue weighted by atomic mass is 9.95. The molecule has 2 amide bonds. The van der Waals surface area contributed by atoms with Gasteiger partial charge in [-0.05, 0) is 31.2 Å². The second-order valence-corrected chi connectivity index (χ2v) is 6.57. The summed E-state index contributed by atoms with van der Waals surface area (Å²) in [6, 6.07) is 0. The first-order valence-electron chi connectivity index (χ1n) is 7.19. The summed E-state index contributed by atoms with van der Waals surface area (Å²) in [7, 11) is 3.21. The third-order valence-corrected chi connectivity index (χ3v) is 4.70. The van der Waals surface area contributed by atoms with Gasteiger partial charge in [-0.2, -0.15) is 0 Å². The van der Waals surface area contributed by atoms with E-state index < -0.39 is 5.97 Å². The molecule has 0 spiro atoms. The molecule has 2 rings (SSSR count). The smallest absolute Gasteiger partial charge is 0.341 e. The number of likely N-dealkylation sites (N-methyl/N-ethyl adjacent to an activating group) is 1. The van der Waals surface area contributed by atoms with Crippen LogP contribution in [0.3, 0.4) is 0 Å². The van der Waals surface area contributed by atoms with E-state index in [2.05, 4.69) is 5.32 Å². The first-order chi connectivity index (χ1) is 10.4. The van der Waals surface area contributed by atoms with Gasteiger partial charge in [0.1, 0.15) is 5.00 Å². The molecule has 1 N–H and O–H groups in total. The number of carbonyl (C=O) groups is 3. The zero-order valence-electron chi connectivity index (χ0n) is 13.0. The molecular formula is C15H20N2O4S. The Morgan fingerprint density at radius 2 is 1.91 bits per heavy atom. The Labute approximate surface area is 133 Å². The van der Waals surface area contributed by atoms with Crippen LogP contribution in [0.15, 0.2) is 0 Å². The van der Waals surface area contributed by atoms with Gasteiger partial charge in [0.15, 0.2) is 6.61 Å². The lowest BCUT2D eigenvalue weighted by molar-refractivity contribution is -0.132. The SMILES string of the molecule is CC(=O)Nc1sc2c(c1C(=O)OCC(=O)N(C)C)CCCC2. The summed E-state index contributed by atoms with van der Waals surface area (Å²) in [6.45, 7) is 1.11. The molecule has 0 radical (unpaired) electrons. The van der Waals surface area contributed by atoms with Crippen LogP contribution in [-0.4, -0.2) is 43.4 Å². The Morgan fingerprint density at radius 3 is 2.55 bits per heavy atom. The van der Waals surface area contributed by atoms with Gasteiger partial charge in [-0.1, -0.05) is 0 Å². The number of fused-ring (bicyclic) bond motifs is 1. The number of nitrogens with one attached hydrogen (secondary N) is 1. The fourth-order valence-electron chi connectivity index (χ4n) is 2.36. The molecule has 0 atom stereocenters. The van der Waals surface area contributed by atoms with E-state index in [1.165, 1.54) is 23.2 Å². The minimum atomic E-state index is -0.543. The maximum atomic E-state index is 12.4. The van der Waals surface area contributed by atoms with Crippen LogP contribution >= 0.6 is 11.3 Å². The molecule has 1 aliphatic carbocycles. The van der Waals surface area contributed by atoms with E-state index in [1.54, 1.807) is 14.1 Å². The van der Waals surface area contributed by atoms with Gasteiger partial charge in [0.2, 0.25) is 5.91 Å². The van der Waals surface area contributed by atoms with Gasteiger partial charge in [0.25, 0.3) is 5.91 Å². The highest BCUT2D eigenvalue weighted by molar-refractivity contribution is 7.17. The standard InChI is InChI=1S/C15H20N2O4S/c1-9(18)16-14-13(10-6-4-5-7-11(10)22-14)15(20)21-8-12(19)17(2)3/h4-8H2,1-3H3,(H,16,18). The van der Waals surface area contributed by atoms with Crippen LogP contribution in [0.5, 0.6) is 0 Å². The number of ether oxygens (including phenoxy) is 1. The van der Waals surface area contributed by atoms with Crippen molar-refractivity contribution in [2.75, 3.05) is 26.0 Å². The molecule has 1 aromatic heterocycles. The fourth-order valence-corrected chi connectivity index (χ4v) is 3.68. The normalized spacial score (nSPS) is 13.2. The van der Waals surface area contributed by atoms with Gasteiger partial charge >= 0.3 is 5.97 Å². The van der Waals surface area contributed by atoms with Crippen molar-refractivity contribution in [3.05, 3.63) is 16.0 Å². The number of rotatable bonds is 4. The number of aryl methyl sites for hydroxylation is 1. The average Bonchev–Trinajstić information content (AvgIpc) is 2.81. The van der Waals surface area contributed by atoms with E-state index in [0.29, 0.717) is 10.6 Å². The first kappa shape index (κ1) is 16.5. The predicted octanol–water partition coefficient (Wildman–Crippen LogP) is 1.83. The first-order valence-corrected chi connectivity index (χ1v) is 8.01. The maximum Gasteiger partial charge on any atom is 0.341 e. The molecule has 0 bridgehead atoms. The summed E-state index contributed by atoms with van der Waals surface area (Å²) in [5.74, 6) is -1.05. The second kappa shape index (κ2) is 6.91. The van der Waals surface area contributed by atoms with Crippen molar-refractivity contribution in [2.24, 2.45) is 0 Å². The number of amides is 2. The number of hydrogen-bond acceptors (Lipinski definition) is 5. The number of anilines is 1. The Balaban J connectivity index is 2.23. The highest BCUT2D eigenvalue weighted by Gasteiger charge is 2.27. The van der Waals surface area contributed by atoms with Crippen LogP contribution in [0, 0.1) is 0 Å². The Kier molecular flexibility index (Phi) is 5.18. The lowest BCUT2D eigenvalue weighted by Crippen LogP contribution is -2.28. The predicted molar refractivity (Wildman–Crippen MR) is 84.2 cm³/mol. The summed E-state index contributed by atoms with van der Waals surface area (Å²) < 4.78 is 5.12. The largest absolute Gasteiger partial charge is 0.452 e. The number of thiophene rings is 1. The van der Waals surface area contributed by atoms with E-state index in [1.807, 2.05) is 0 Å². The van der Waals surface area contributed by atoms with Gasteiger partial charge in [0, 0.05) is 25.9 Å². The van der Waals surface area contributed by atoms with Crippen molar-refractivity contribution >= 4 is 34.1 Å². The third kappa shape index (κ3) is 3.65. The summed E-state index contributed by atoms with van der Waals surface area (Å²) >= 11 is 1.43. The number of carbonyl (C=O) groups excluding carboxylic acids is 3. The molecule has 0 unspecified atom stereocenters. The van der Waals surface area contributed by atoms with Crippen molar-refractivity contribution in [3.63, 3.8) is 0 Å². The van der Waals surface area contributed by atoms with Crippen molar-refractivity contribution in [3.8, 4) is 0 Å². The molecular weight excluding hydrogens is 304 g/mol. The van der Waals surface area contributed by atoms with E-state index in [4.69, 9.17) is 4.74 Å². The van der Waals surface area contributed by atoms with Crippen LogP contribution in [0.4, 0.5) is 5.00 Å². The molecule has 120 valence electrons. The van der Waals surface area contributed by atoms with Crippen LogP contribution in [-0.2, 0) is 27.2 Å². The molecule has 1 aliphatic rings. The Morgan fingerprint density at radius 1 is 1.23 bits per heavy atom. The molecule has 1 aromatic rings. The van der Waals surface area contributed by atoms with E-state index in [0.717, 1.165) is 36.1 Å². The summed E-state index contributed by atoms with van der Waals surface area (Å²) in [5, 5.41) is 3.23. The van der Waals surface area contributed by atoms with Crippen molar-refractivity contribution in [1.29, 1.82) is 0 Å². The van der Waals surface area contributed by atoms with Crippen molar-refractivity contribution in [1.82, 2.24) is 4.90 Å². The number of hydrogen-bond donors (Lipinski definition) is 1. The van der Waals surface area contributed by atoms with Gasteiger partial charge in [-0.25, -0.2) is 4.79 Å². The lowest BCUT2D eigenvalue weighted by Gasteiger charge is -2.14. The molecule has 0 aliphatic heterocycles. The summed E-state index contributed by atoms with van der Waals surface area (Å²) in [4.78, 5) is 37.8. The zero-order valence-corrected chi connectivity index (χ0v) is 13.8. The summed E-state index contributed by atoms with van der Waals surface area (Å²) in [6.07, 6.45) is 3.81. The van der Waals surface area contributed by atoms with Crippen LogP contribution in [0.1, 0.15) is 40.6 Å². The second-order valence-electron chi connectivity index (χ2n) is 5.46. The summed E-state index contributed by atoms with van der Waals surface area (Å²) in [5.41, 5.74) is 1.38. The average molecular weight is 324 g/mol. The molecule has 7 heteroatoms. The van der Waals surface area contributed by atoms with Gasteiger partial charge in [-0.15, -0.1) is 11.3 Å². The van der Waals surface area contributed by atoms with Gasteiger partial charge in [-0.3, -0.25) is 9.59 Å². The Bertz CT molecular complexity index is 607. The zero-order chi connectivity index (χ0) is 16.3. The monoisotopic (exact) mass is 324 g/mol.